The van der Waals surface area contributed by atoms with Gasteiger partial charge in [-0.3, -0.25) is 0 Å². The van der Waals surface area contributed by atoms with Crippen molar-refractivity contribution in [2.24, 2.45) is 0 Å². The van der Waals surface area contributed by atoms with Gasteiger partial charge in [-0.05, 0) is 53.1 Å². The predicted octanol–water partition coefficient (Wildman–Crippen LogP) is 7.38. The summed E-state index contributed by atoms with van der Waals surface area (Å²) in [7, 11) is 0. The summed E-state index contributed by atoms with van der Waals surface area (Å²) in [5.74, 6) is -1.37. The van der Waals surface area contributed by atoms with Gasteiger partial charge in [0.15, 0.2) is 0 Å². The molecule has 0 bridgehead atoms. The Morgan fingerprint density at radius 1 is 1.00 bits per heavy atom. The van der Waals surface area contributed by atoms with Gasteiger partial charge < -0.3 is 0 Å². The minimum Gasteiger partial charge on any atom is -0.166 e. The van der Waals surface area contributed by atoms with Crippen molar-refractivity contribution in [1.82, 2.24) is 0 Å². The van der Waals surface area contributed by atoms with Crippen LogP contribution in [-0.2, 0) is 12.5 Å². The topological polar surface area (TPSA) is 0 Å². The van der Waals surface area contributed by atoms with Crippen molar-refractivity contribution in [3.63, 3.8) is 0 Å². The Kier molecular flexibility index (Phi) is 3.96. The van der Waals surface area contributed by atoms with Crippen molar-refractivity contribution in [2.45, 2.75) is 44.6 Å². The number of halogens is 3. The van der Waals surface area contributed by atoms with Gasteiger partial charge in [-0.2, -0.15) is 13.2 Å². The smallest absolute Gasteiger partial charge is 0.166 e. The lowest BCUT2D eigenvalue weighted by atomic mass is 9.90. The normalized spacial score (nSPS) is 18.2. The molecule has 0 radical (unpaired) electrons. The van der Waals surface area contributed by atoms with E-state index in [9.17, 15) is 13.2 Å². The van der Waals surface area contributed by atoms with Gasteiger partial charge >= 0.3 is 6.18 Å². The molecule has 0 N–H and O–H groups in total. The Morgan fingerprint density at radius 2 is 1.73 bits per heavy atom. The SMILES string of the molecule is [2H]C([2H])(CC([2H])([2H])c1cccc(C(F)(F)F)c1)C[C@]([2H])(C)c1cccc2ccccc12. The van der Waals surface area contributed by atoms with Crippen LogP contribution in [0.25, 0.3) is 10.8 Å². The van der Waals surface area contributed by atoms with Crippen LogP contribution < -0.4 is 0 Å². The summed E-state index contributed by atoms with van der Waals surface area (Å²) in [4.78, 5) is 0. The number of hydrogen-bond donors (Lipinski definition) is 0. The number of hydrogen-bond acceptors (Lipinski definition) is 0. The number of aryl methyl sites for hydroxylation is 1. The molecule has 1 atom stereocenters. The molecule has 0 heterocycles. The van der Waals surface area contributed by atoms with Gasteiger partial charge in [-0.15, -0.1) is 0 Å². The molecule has 0 aliphatic carbocycles. The lowest BCUT2D eigenvalue weighted by molar-refractivity contribution is -0.137. The van der Waals surface area contributed by atoms with Gasteiger partial charge in [0, 0.05) is 6.85 Å². The van der Waals surface area contributed by atoms with Crippen molar-refractivity contribution in [2.75, 3.05) is 0 Å². The fourth-order valence-corrected chi connectivity index (χ4v) is 2.91. The Bertz CT molecular complexity index is 1070. The first-order valence-electron chi connectivity index (χ1n) is 10.9. The van der Waals surface area contributed by atoms with E-state index < -0.39 is 36.8 Å². The lowest BCUT2D eigenvalue weighted by Gasteiger charge is -2.15. The molecule has 0 fully saturated rings. The molecular weight excluding hydrogens is 333 g/mol. The molecule has 3 heteroatoms. The first-order valence-corrected chi connectivity index (χ1v) is 8.37. The van der Waals surface area contributed by atoms with Gasteiger partial charge in [-0.25, -0.2) is 0 Å². The van der Waals surface area contributed by atoms with Crippen molar-refractivity contribution < 1.29 is 20.0 Å². The standard InChI is InChI=1S/C23H23F3/c1-17(21-15-7-12-19-11-4-5-14-22(19)21)8-2-3-9-18-10-6-13-20(16-18)23(24,25)26/h4-7,10-17H,2-3,8-9H2,1H3/t17-/m0/s1/i2D2,9D2,17D. The molecular formula is C23H23F3. The summed E-state index contributed by atoms with van der Waals surface area (Å²) in [6.45, 7) is 1.58. The van der Waals surface area contributed by atoms with Gasteiger partial charge in [0.1, 0.15) is 0 Å². The summed E-state index contributed by atoms with van der Waals surface area (Å²) in [5, 5.41) is 1.73. The minimum atomic E-state index is -4.61. The molecule has 0 amide bonds. The Balaban J connectivity index is 1.87. The number of fused-ring (bicyclic) bond motifs is 1. The minimum absolute atomic E-state index is 0.233. The first-order chi connectivity index (χ1) is 14.2. The molecule has 0 nitrogen and oxygen atoms in total. The zero-order valence-corrected chi connectivity index (χ0v) is 14.4. The molecule has 0 saturated heterocycles. The molecule has 26 heavy (non-hydrogen) atoms. The van der Waals surface area contributed by atoms with Crippen molar-refractivity contribution >= 4 is 10.8 Å². The summed E-state index contributed by atoms with van der Waals surface area (Å²) in [6, 6.07) is 16.8. The van der Waals surface area contributed by atoms with Gasteiger partial charge in [0.05, 0.1) is 5.56 Å². The van der Waals surface area contributed by atoms with Crippen molar-refractivity contribution in [1.29, 1.82) is 0 Å². The highest BCUT2D eigenvalue weighted by molar-refractivity contribution is 5.86. The van der Waals surface area contributed by atoms with Crippen molar-refractivity contribution in [3.8, 4) is 0 Å². The van der Waals surface area contributed by atoms with E-state index in [1.807, 2.05) is 30.3 Å². The summed E-state index contributed by atoms with van der Waals surface area (Å²) < 4.78 is 81.2. The third kappa shape index (κ3) is 4.46. The zero-order valence-electron chi connectivity index (χ0n) is 19.4. The van der Waals surface area contributed by atoms with E-state index >= 15 is 0 Å². The van der Waals surface area contributed by atoms with Crippen LogP contribution in [0.1, 0.15) is 55.6 Å². The summed E-state index contributed by atoms with van der Waals surface area (Å²) in [5.41, 5.74) is -0.590. The summed E-state index contributed by atoms with van der Waals surface area (Å²) in [6.07, 6.45) is -10.1. The highest BCUT2D eigenvalue weighted by Gasteiger charge is 2.30. The Morgan fingerprint density at radius 3 is 2.54 bits per heavy atom. The molecule has 3 aromatic carbocycles. The van der Waals surface area contributed by atoms with Gasteiger partial charge in [-0.1, -0.05) is 74.0 Å². The lowest BCUT2D eigenvalue weighted by Crippen LogP contribution is -2.05. The van der Waals surface area contributed by atoms with E-state index in [4.69, 9.17) is 6.85 Å². The second-order valence-electron chi connectivity index (χ2n) is 6.17. The Hall–Kier alpha value is -2.29. The van der Waals surface area contributed by atoms with Crippen LogP contribution in [0.2, 0.25) is 0 Å². The molecule has 0 unspecified atom stereocenters. The average Bonchev–Trinajstić information content (AvgIpc) is 2.65. The number of alkyl halides is 3. The van der Waals surface area contributed by atoms with E-state index in [0.29, 0.717) is 5.56 Å². The largest absolute Gasteiger partial charge is 0.416 e. The maximum atomic E-state index is 13.0. The molecule has 3 rings (SSSR count). The third-order valence-electron chi connectivity index (χ3n) is 4.25. The molecule has 0 aliphatic heterocycles. The number of rotatable bonds is 6. The molecule has 3 aromatic rings. The van der Waals surface area contributed by atoms with Crippen molar-refractivity contribution in [3.05, 3.63) is 83.4 Å². The average molecular weight is 361 g/mol. The van der Waals surface area contributed by atoms with Gasteiger partial charge in [0.25, 0.3) is 0 Å². The van der Waals surface area contributed by atoms with Crippen LogP contribution in [-0.4, -0.2) is 0 Å². The molecule has 136 valence electrons. The summed E-state index contributed by atoms with van der Waals surface area (Å²) >= 11 is 0. The zero-order chi connectivity index (χ0) is 23.1. The predicted molar refractivity (Wildman–Crippen MR) is 101 cm³/mol. The fourth-order valence-electron chi connectivity index (χ4n) is 2.91. The van der Waals surface area contributed by atoms with Crippen LogP contribution in [0.3, 0.4) is 0 Å². The van der Waals surface area contributed by atoms with E-state index in [1.165, 1.54) is 6.07 Å². The van der Waals surface area contributed by atoms with Crippen LogP contribution in [0, 0.1) is 0 Å². The molecule has 0 aromatic heterocycles. The molecule has 0 saturated carbocycles. The highest BCUT2D eigenvalue weighted by atomic mass is 19.4. The van der Waals surface area contributed by atoms with E-state index in [-0.39, 0.29) is 12.0 Å². The van der Waals surface area contributed by atoms with E-state index in [0.717, 1.165) is 29.0 Å². The second-order valence-corrected chi connectivity index (χ2v) is 6.17. The molecule has 0 spiro atoms. The monoisotopic (exact) mass is 361 g/mol. The quantitative estimate of drug-likeness (QED) is 0.430. The van der Waals surface area contributed by atoms with E-state index in [1.54, 1.807) is 19.1 Å². The Labute approximate surface area is 159 Å². The second kappa shape index (κ2) is 7.94. The first kappa shape index (κ1) is 13.0. The van der Waals surface area contributed by atoms with Crippen LogP contribution in [0.15, 0.2) is 66.7 Å². The van der Waals surface area contributed by atoms with Gasteiger partial charge in [0.2, 0.25) is 0 Å². The highest BCUT2D eigenvalue weighted by Crippen LogP contribution is 2.31. The van der Waals surface area contributed by atoms with Crippen LogP contribution >= 0.6 is 0 Å². The maximum Gasteiger partial charge on any atom is 0.416 e. The number of benzene rings is 3. The maximum absolute atomic E-state index is 13.0. The fraction of sp³-hybridized carbons (Fsp3) is 0.304. The van der Waals surface area contributed by atoms with Crippen LogP contribution in [0.4, 0.5) is 13.2 Å². The molecule has 0 aliphatic rings. The third-order valence-corrected chi connectivity index (χ3v) is 4.25. The van der Waals surface area contributed by atoms with Crippen LogP contribution in [0.5, 0.6) is 0 Å². The van der Waals surface area contributed by atoms with E-state index in [2.05, 4.69) is 0 Å².